The molecular weight excluding hydrogens is 132 g/mol. The second kappa shape index (κ2) is 4.73. The predicted octanol–water partition coefficient (Wildman–Crippen LogP) is 3.02. The van der Waals surface area contributed by atoms with Gasteiger partial charge in [-0.15, -0.1) is 0 Å². The van der Waals surface area contributed by atoms with Gasteiger partial charge in [0.2, 0.25) is 0 Å². The maximum absolute atomic E-state index is 3.62. The normalized spacial score (nSPS) is 10.6. The summed E-state index contributed by atoms with van der Waals surface area (Å²) in [5, 5.41) is 0. The first kappa shape index (κ1) is 8.06. The zero-order valence-electron chi connectivity index (χ0n) is 6.53. The molecule has 0 saturated carbocycles. The number of hydrogen-bond donors (Lipinski definition) is 0. The molecule has 0 fully saturated rings. The molecule has 0 atom stereocenters. The SMILES string of the molecule is [CH2]C=CC[CH]c1ccccc1. The van der Waals surface area contributed by atoms with Crippen molar-refractivity contribution in [2.75, 3.05) is 0 Å². The van der Waals surface area contributed by atoms with Crippen LogP contribution >= 0.6 is 0 Å². The third-order valence-corrected chi connectivity index (χ3v) is 1.46. The fourth-order valence-electron chi connectivity index (χ4n) is 0.889. The van der Waals surface area contributed by atoms with Crippen molar-refractivity contribution in [1.29, 1.82) is 0 Å². The van der Waals surface area contributed by atoms with Crippen molar-refractivity contribution in [3.05, 3.63) is 61.4 Å². The fraction of sp³-hybridized carbons (Fsp3) is 0.0909. The monoisotopic (exact) mass is 144 g/mol. The summed E-state index contributed by atoms with van der Waals surface area (Å²) in [4.78, 5) is 0. The quantitative estimate of drug-likeness (QED) is 0.611. The maximum atomic E-state index is 3.62. The van der Waals surface area contributed by atoms with Crippen LogP contribution in [0.15, 0.2) is 42.5 Å². The van der Waals surface area contributed by atoms with Gasteiger partial charge >= 0.3 is 0 Å². The molecule has 0 aliphatic carbocycles. The molecule has 2 radical (unpaired) electrons. The van der Waals surface area contributed by atoms with E-state index < -0.39 is 0 Å². The molecule has 0 aromatic heterocycles. The zero-order valence-corrected chi connectivity index (χ0v) is 6.53. The molecule has 0 saturated heterocycles. The van der Waals surface area contributed by atoms with Crippen LogP contribution in [0, 0.1) is 13.3 Å². The highest BCUT2D eigenvalue weighted by Crippen LogP contribution is 2.04. The van der Waals surface area contributed by atoms with Gasteiger partial charge in [0.25, 0.3) is 0 Å². The minimum absolute atomic E-state index is 0.966. The Bertz CT molecular complexity index is 209. The Morgan fingerprint density at radius 1 is 1.18 bits per heavy atom. The van der Waals surface area contributed by atoms with E-state index in [0.29, 0.717) is 0 Å². The van der Waals surface area contributed by atoms with Gasteiger partial charge in [-0.1, -0.05) is 42.5 Å². The second-order valence-electron chi connectivity index (χ2n) is 2.32. The predicted molar refractivity (Wildman–Crippen MR) is 49.0 cm³/mol. The Hall–Kier alpha value is -1.04. The van der Waals surface area contributed by atoms with Crippen LogP contribution in [0.2, 0.25) is 0 Å². The molecule has 0 N–H and O–H groups in total. The molecular formula is C11H12. The number of allylic oxidation sites excluding steroid dienone is 2. The van der Waals surface area contributed by atoms with E-state index in [1.165, 1.54) is 5.56 Å². The highest BCUT2D eigenvalue weighted by molar-refractivity contribution is 5.23. The molecule has 0 amide bonds. The van der Waals surface area contributed by atoms with Gasteiger partial charge in [0.1, 0.15) is 0 Å². The summed E-state index contributed by atoms with van der Waals surface area (Å²) in [5.41, 5.74) is 1.27. The molecule has 0 heteroatoms. The van der Waals surface area contributed by atoms with Crippen molar-refractivity contribution in [1.82, 2.24) is 0 Å². The molecule has 0 bridgehead atoms. The van der Waals surface area contributed by atoms with Crippen molar-refractivity contribution in [3.8, 4) is 0 Å². The lowest BCUT2D eigenvalue weighted by molar-refractivity contribution is 1.24. The van der Waals surface area contributed by atoms with Crippen LogP contribution in [-0.2, 0) is 0 Å². The molecule has 11 heavy (non-hydrogen) atoms. The first-order valence-electron chi connectivity index (χ1n) is 3.76. The van der Waals surface area contributed by atoms with E-state index in [4.69, 9.17) is 0 Å². The highest BCUT2D eigenvalue weighted by atomic mass is 13.9. The largest absolute Gasteiger partial charge is 0.0882 e. The Balaban J connectivity index is 2.39. The van der Waals surface area contributed by atoms with Gasteiger partial charge in [-0.3, -0.25) is 0 Å². The van der Waals surface area contributed by atoms with Crippen LogP contribution in [0.4, 0.5) is 0 Å². The minimum atomic E-state index is 0.966. The second-order valence-corrected chi connectivity index (χ2v) is 2.32. The lowest BCUT2D eigenvalue weighted by Gasteiger charge is -1.94. The Morgan fingerprint density at radius 3 is 2.55 bits per heavy atom. The van der Waals surface area contributed by atoms with E-state index in [9.17, 15) is 0 Å². The maximum Gasteiger partial charge on any atom is -0.00556 e. The van der Waals surface area contributed by atoms with Crippen LogP contribution in [0.1, 0.15) is 12.0 Å². The molecule has 1 rings (SSSR count). The Morgan fingerprint density at radius 2 is 1.91 bits per heavy atom. The molecule has 0 aliphatic heterocycles. The van der Waals surface area contributed by atoms with E-state index in [2.05, 4.69) is 25.5 Å². The highest BCUT2D eigenvalue weighted by Gasteiger charge is 1.87. The zero-order chi connectivity index (χ0) is 7.94. The molecule has 0 spiro atoms. The first-order chi connectivity index (χ1) is 5.43. The third-order valence-electron chi connectivity index (χ3n) is 1.46. The van der Waals surface area contributed by atoms with Gasteiger partial charge in [0, 0.05) is 0 Å². The molecule has 0 unspecified atom stereocenters. The minimum Gasteiger partial charge on any atom is -0.0882 e. The first-order valence-corrected chi connectivity index (χ1v) is 3.76. The van der Waals surface area contributed by atoms with E-state index in [1.54, 1.807) is 0 Å². The van der Waals surface area contributed by atoms with Crippen LogP contribution < -0.4 is 0 Å². The van der Waals surface area contributed by atoms with Gasteiger partial charge < -0.3 is 0 Å². The number of benzene rings is 1. The summed E-state index contributed by atoms with van der Waals surface area (Å²) in [6.45, 7) is 3.62. The molecule has 0 heterocycles. The van der Waals surface area contributed by atoms with Gasteiger partial charge in [-0.05, 0) is 25.3 Å². The topological polar surface area (TPSA) is 0 Å². The number of hydrogen-bond acceptors (Lipinski definition) is 0. The van der Waals surface area contributed by atoms with Crippen LogP contribution in [0.25, 0.3) is 0 Å². The summed E-state index contributed by atoms with van der Waals surface area (Å²) in [7, 11) is 0. The summed E-state index contributed by atoms with van der Waals surface area (Å²) >= 11 is 0. The average molecular weight is 144 g/mol. The van der Waals surface area contributed by atoms with Crippen LogP contribution in [0.3, 0.4) is 0 Å². The summed E-state index contributed by atoms with van der Waals surface area (Å²) < 4.78 is 0. The van der Waals surface area contributed by atoms with Gasteiger partial charge in [0.05, 0.1) is 0 Å². The van der Waals surface area contributed by atoms with E-state index in [1.807, 2.05) is 30.4 Å². The molecule has 0 nitrogen and oxygen atoms in total. The van der Waals surface area contributed by atoms with Gasteiger partial charge in [-0.2, -0.15) is 0 Å². The molecule has 0 aliphatic rings. The fourth-order valence-corrected chi connectivity index (χ4v) is 0.889. The van der Waals surface area contributed by atoms with E-state index >= 15 is 0 Å². The van der Waals surface area contributed by atoms with Crippen molar-refractivity contribution in [2.45, 2.75) is 6.42 Å². The van der Waals surface area contributed by atoms with Gasteiger partial charge in [0.15, 0.2) is 0 Å². The van der Waals surface area contributed by atoms with E-state index in [-0.39, 0.29) is 0 Å². The van der Waals surface area contributed by atoms with Crippen LogP contribution in [-0.4, -0.2) is 0 Å². The number of rotatable bonds is 3. The summed E-state index contributed by atoms with van der Waals surface area (Å²) in [6.07, 6.45) is 6.99. The standard InChI is InChI=1S/C11H12/c1-2-3-5-8-11-9-6-4-7-10-11/h2-4,6-10H,1,5H2. The lowest BCUT2D eigenvalue weighted by Crippen LogP contribution is -1.77. The van der Waals surface area contributed by atoms with Crippen molar-refractivity contribution in [2.24, 2.45) is 0 Å². The summed E-state index contributed by atoms with van der Waals surface area (Å²) in [5.74, 6) is 0. The Labute approximate surface area is 68.6 Å². The van der Waals surface area contributed by atoms with Crippen molar-refractivity contribution in [3.63, 3.8) is 0 Å². The lowest BCUT2D eigenvalue weighted by atomic mass is 10.1. The van der Waals surface area contributed by atoms with Crippen LogP contribution in [0.5, 0.6) is 0 Å². The average Bonchev–Trinajstić information content (AvgIpc) is 2.07. The van der Waals surface area contributed by atoms with Gasteiger partial charge in [-0.25, -0.2) is 0 Å². The van der Waals surface area contributed by atoms with E-state index in [0.717, 1.165) is 6.42 Å². The third kappa shape index (κ3) is 3.03. The smallest absolute Gasteiger partial charge is 0.00556 e. The molecule has 1 aromatic rings. The molecule has 56 valence electrons. The Kier molecular flexibility index (Phi) is 3.46. The van der Waals surface area contributed by atoms with Crippen molar-refractivity contribution >= 4 is 0 Å². The summed E-state index contributed by atoms with van der Waals surface area (Å²) in [6, 6.07) is 10.3. The van der Waals surface area contributed by atoms with Crippen molar-refractivity contribution < 1.29 is 0 Å². The molecule has 1 aromatic carbocycles.